The predicted octanol–water partition coefficient (Wildman–Crippen LogP) is -0.130. The molecule has 7 heteroatoms. The second-order valence-corrected chi connectivity index (χ2v) is 3.03. The maximum absolute atomic E-state index is 9.30. The van der Waals surface area contributed by atoms with Crippen molar-refractivity contribution in [2.45, 2.75) is 0 Å². The summed E-state index contributed by atoms with van der Waals surface area (Å²) in [7, 11) is 1.62. The third-order valence-electron chi connectivity index (χ3n) is 1.90. The van der Waals surface area contributed by atoms with Gasteiger partial charge in [-0.15, -0.1) is 10.2 Å². The van der Waals surface area contributed by atoms with Gasteiger partial charge in [0.05, 0.1) is 7.05 Å². The number of hydrogen-bond donors (Lipinski definition) is 3. The highest BCUT2D eigenvalue weighted by molar-refractivity contribution is 5.75. The van der Waals surface area contributed by atoms with Gasteiger partial charge >= 0.3 is 0 Å². The van der Waals surface area contributed by atoms with E-state index in [1.807, 2.05) is 0 Å². The van der Waals surface area contributed by atoms with Crippen LogP contribution in [0.2, 0.25) is 0 Å². The first-order valence-electron chi connectivity index (χ1n) is 4.14. The van der Waals surface area contributed by atoms with E-state index in [1.165, 1.54) is 16.9 Å². The molecule has 15 heavy (non-hydrogen) atoms. The summed E-state index contributed by atoms with van der Waals surface area (Å²) in [6.45, 7) is 0. The van der Waals surface area contributed by atoms with Gasteiger partial charge in [-0.3, -0.25) is 0 Å². The van der Waals surface area contributed by atoms with E-state index < -0.39 is 0 Å². The molecular weight excluding hydrogens is 198 g/mol. The normalized spacial score (nSPS) is 10.5. The van der Waals surface area contributed by atoms with Crippen molar-refractivity contribution >= 4 is 5.69 Å². The van der Waals surface area contributed by atoms with Crippen LogP contribution in [0, 0.1) is 0 Å². The van der Waals surface area contributed by atoms with Gasteiger partial charge < -0.3 is 15.9 Å². The lowest BCUT2D eigenvalue weighted by Crippen LogP contribution is -1.94. The SMILES string of the molecule is Cn1nnc(-c2cc(O)c(O)cc2N)n1. The maximum atomic E-state index is 9.30. The summed E-state index contributed by atoms with van der Waals surface area (Å²) in [5.74, 6) is -0.253. The fourth-order valence-electron chi connectivity index (χ4n) is 1.18. The summed E-state index contributed by atoms with van der Waals surface area (Å²) in [5.41, 5.74) is 6.35. The molecule has 0 saturated carbocycles. The van der Waals surface area contributed by atoms with Gasteiger partial charge in [0.15, 0.2) is 11.5 Å². The predicted molar refractivity (Wildman–Crippen MR) is 52.0 cm³/mol. The Morgan fingerprint density at radius 1 is 1.27 bits per heavy atom. The van der Waals surface area contributed by atoms with Gasteiger partial charge in [-0.05, 0) is 11.3 Å². The first-order valence-corrected chi connectivity index (χ1v) is 4.14. The highest BCUT2D eigenvalue weighted by atomic mass is 16.3. The summed E-state index contributed by atoms with van der Waals surface area (Å²) >= 11 is 0. The third kappa shape index (κ3) is 1.54. The highest BCUT2D eigenvalue weighted by Crippen LogP contribution is 2.33. The van der Waals surface area contributed by atoms with Gasteiger partial charge in [0.2, 0.25) is 5.82 Å². The van der Waals surface area contributed by atoms with E-state index in [0.29, 0.717) is 11.4 Å². The minimum absolute atomic E-state index is 0.272. The van der Waals surface area contributed by atoms with Crippen molar-refractivity contribution in [2.24, 2.45) is 7.05 Å². The minimum Gasteiger partial charge on any atom is -0.504 e. The lowest BCUT2D eigenvalue weighted by molar-refractivity contribution is 0.404. The molecule has 0 unspecified atom stereocenters. The molecule has 0 fully saturated rings. The number of tetrazole rings is 1. The Labute approximate surface area is 84.8 Å². The van der Waals surface area contributed by atoms with Crippen molar-refractivity contribution < 1.29 is 10.2 Å². The number of rotatable bonds is 1. The van der Waals surface area contributed by atoms with Crippen LogP contribution in [0.15, 0.2) is 12.1 Å². The summed E-state index contributed by atoms with van der Waals surface area (Å²) < 4.78 is 0. The number of anilines is 1. The van der Waals surface area contributed by atoms with Crippen LogP contribution in [0.4, 0.5) is 5.69 Å². The molecular formula is C8H9N5O2. The molecule has 0 aliphatic carbocycles. The summed E-state index contributed by atoms with van der Waals surface area (Å²) in [6, 6.07) is 2.53. The van der Waals surface area contributed by atoms with E-state index in [1.54, 1.807) is 7.05 Å². The van der Waals surface area contributed by atoms with Gasteiger partial charge in [0.1, 0.15) is 0 Å². The Morgan fingerprint density at radius 3 is 2.53 bits per heavy atom. The zero-order valence-electron chi connectivity index (χ0n) is 7.92. The maximum Gasteiger partial charge on any atom is 0.207 e. The van der Waals surface area contributed by atoms with Crippen LogP contribution in [0.3, 0.4) is 0 Å². The van der Waals surface area contributed by atoms with Crippen molar-refractivity contribution in [3.8, 4) is 22.9 Å². The van der Waals surface area contributed by atoms with E-state index in [0.717, 1.165) is 0 Å². The van der Waals surface area contributed by atoms with E-state index in [4.69, 9.17) is 5.73 Å². The van der Waals surface area contributed by atoms with Crippen molar-refractivity contribution in [1.82, 2.24) is 20.2 Å². The summed E-state index contributed by atoms with van der Waals surface area (Å²) in [4.78, 5) is 1.28. The Balaban J connectivity index is 2.58. The monoisotopic (exact) mass is 207 g/mol. The van der Waals surface area contributed by atoms with Crippen LogP contribution in [0.25, 0.3) is 11.4 Å². The summed E-state index contributed by atoms with van der Waals surface area (Å²) in [5, 5.41) is 29.8. The van der Waals surface area contributed by atoms with Gasteiger partial charge in [0, 0.05) is 17.3 Å². The molecule has 1 heterocycles. The van der Waals surface area contributed by atoms with Crippen LogP contribution in [-0.2, 0) is 7.05 Å². The van der Waals surface area contributed by atoms with E-state index >= 15 is 0 Å². The molecule has 0 amide bonds. The van der Waals surface area contributed by atoms with Gasteiger partial charge in [-0.25, -0.2) is 0 Å². The second-order valence-electron chi connectivity index (χ2n) is 3.03. The number of phenolic OH excluding ortho intramolecular Hbond substituents is 2. The van der Waals surface area contributed by atoms with Crippen LogP contribution in [0.5, 0.6) is 11.5 Å². The van der Waals surface area contributed by atoms with Crippen molar-refractivity contribution in [3.63, 3.8) is 0 Å². The molecule has 0 radical (unpaired) electrons. The smallest absolute Gasteiger partial charge is 0.207 e. The number of aryl methyl sites for hydroxylation is 1. The number of aromatic hydroxyl groups is 2. The Kier molecular flexibility index (Phi) is 1.93. The molecule has 0 spiro atoms. The molecule has 0 aliphatic heterocycles. The molecule has 0 atom stereocenters. The largest absolute Gasteiger partial charge is 0.504 e. The van der Waals surface area contributed by atoms with E-state index in [9.17, 15) is 10.2 Å². The number of benzene rings is 1. The average Bonchev–Trinajstić information content (AvgIpc) is 2.58. The molecule has 1 aromatic heterocycles. The zero-order valence-corrected chi connectivity index (χ0v) is 7.92. The molecule has 4 N–H and O–H groups in total. The number of aromatic nitrogens is 4. The molecule has 78 valence electrons. The lowest BCUT2D eigenvalue weighted by Gasteiger charge is -2.03. The standard InChI is InChI=1S/C8H9N5O2/c1-13-11-8(10-12-13)4-2-6(14)7(15)3-5(4)9/h2-3,14-15H,9H2,1H3. The molecule has 1 aromatic carbocycles. The van der Waals surface area contributed by atoms with Crippen LogP contribution < -0.4 is 5.73 Å². The zero-order chi connectivity index (χ0) is 11.0. The molecule has 0 bridgehead atoms. The van der Waals surface area contributed by atoms with Gasteiger partial charge in [0.25, 0.3) is 0 Å². The van der Waals surface area contributed by atoms with E-state index in [2.05, 4.69) is 15.4 Å². The number of nitrogens with two attached hydrogens (primary N) is 1. The molecule has 0 aliphatic rings. The average molecular weight is 207 g/mol. The minimum atomic E-state index is -0.278. The topological polar surface area (TPSA) is 110 Å². The number of phenols is 2. The lowest BCUT2D eigenvalue weighted by atomic mass is 10.1. The van der Waals surface area contributed by atoms with Crippen LogP contribution >= 0.6 is 0 Å². The number of nitrogen functional groups attached to an aromatic ring is 1. The fourth-order valence-corrected chi connectivity index (χ4v) is 1.18. The molecule has 2 aromatic rings. The van der Waals surface area contributed by atoms with E-state index in [-0.39, 0.29) is 17.2 Å². The Morgan fingerprint density at radius 2 is 1.93 bits per heavy atom. The molecule has 2 rings (SSSR count). The van der Waals surface area contributed by atoms with Gasteiger partial charge in [-0.1, -0.05) is 0 Å². The van der Waals surface area contributed by atoms with Crippen molar-refractivity contribution in [1.29, 1.82) is 0 Å². The molecule has 7 nitrogen and oxygen atoms in total. The van der Waals surface area contributed by atoms with Gasteiger partial charge in [-0.2, -0.15) is 4.80 Å². The van der Waals surface area contributed by atoms with Crippen molar-refractivity contribution in [3.05, 3.63) is 12.1 Å². The fraction of sp³-hybridized carbons (Fsp3) is 0.125. The number of nitrogens with zero attached hydrogens (tertiary/aromatic N) is 4. The highest BCUT2D eigenvalue weighted by Gasteiger charge is 2.12. The third-order valence-corrected chi connectivity index (χ3v) is 1.90. The molecule has 0 saturated heterocycles. The second kappa shape index (κ2) is 3.12. The first kappa shape index (κ1) is 9.25. The Bertz CT molecular complexity index is 508. The van der Waals surface area contributed by atoms with Crippen LogP contribution in [0.1, 0.15) is 0 Å². The summed E-state index contributed by atoms with van der Waals surface area (Å²) in [6.07, 6.45) is 0. The number of hydrogen-bond acceptors (Lipinski definition) is 6. The van der Waals surface area contributed by atoms with Crippen LogP contribution in [-0.4, -0.2) is 30.4 Å². The first-order chi connectivity index (χ1) is 7.08. The Hall–Kier alpha value is -2.31. The quantitative estimate of drug-likeness (QED) is 0.341. The van der Waals surface area contributed by atoms with Crippen molar-refractivity contribution in [2.75, 3.05) is 5.73 Å².